The molecule has 1 aliphatic carbocycles. The molecule has 1 aromatic carbocycles. The number of amides is 2. The number of allylic oxidation sites excluding steroid dienone is 3. The Kier molecular flexibility index (Phi) is 5.17. The van der Waals surface area contributed by atoms with Crippen LogP contribution in [0.3, 0.4) is 0 Å². The van der Waals surface area contributed by atoms with Crippen molar-refractivity contribution < 1.29 is 14.4 Å². The van der Waals surface area contributed by atoms with Gasteiger partial charge in [0.1, 0.15) is 5.94 Å². The lowest BCUT2D eigenvalue weighted by molar-refractivity contribution is -0.128. The number of hydrazine groups is 1. The fraction of sp³-hybridized carbons (Fsp3) is 0.263. The molecule has 0 radical (unpaired) electrons. The SMILES string of the molecule is CC(C)(C)N(NC(=O)C1C=CC=CC1=C=O)C(=O)c1ccccc1. The van der Waals surface area contributed by atoms with E-state index < -0.39 is 17.4 Å². The maximum absolute atomic E-state index is 12.8. The molecule has 2 rings (SSSR count). The quantitative estimate of drug-likeness (QED) is 0.671. The van der Waals surface area contributed by atoms with Gasteiger partial charge in [0.15, 0.2) is 0 Å². The highest BCUT2D eigenvalue weighted by Crippen LogP contribution is 2.19. The third kappa shape index (κ3) is 3.89. The molecule has 0 aromatic heterocycles. The van der Waals surface area contributed by atoms with Gasteiger partial charge in [-0.05, 0) is 39.0 Å². The zero-order valence-corrected chi connectivity index (χ0v) is 13.9. The van der Waals surface area contributed by atoms with Crippen LogP contribution in [0.2, 0.25) is 0 Å². The Morgan fingerprint density at radius 2 is 1.79 bits per heavy atom. The van der Waals surface area contributed by atoms with E-state index >= 15 is 0 Å². The van der Waals surface area contributed by atoms with E-state index in [-0.39, 0.29) is 11.5 Å². The predicted octanol–water partition coefficient (Wildman–Crippen LogP) is 2.46. The minimum absolute atomic E-state index is 0.232. The Balaban J connectivity index is 2.26. The van der Waals surface area contributed by atoms with Crippen LogP contribution in [0.1, 0.15) is 31.1 Å². The first kappa shape index (κ1) is 17.4. The van der Waals surface area contributed by atoms with Crippen LogP contribution in [-0.4, -0.2) is 28.3 Å². The summed E-state index contributed by atoms with van der Waals surface area (Å²) in [6.45, 7) is 5.46. The van der Waals surface area contributed by atoms with Crippen LogP contribution in [0.4, 0.5) is 0 Å². The molecule has 0 aliphatic heterocycles. The molecule has 1 N–H and O–H groups in total. The summed E-state index contributed by atoms with van der Waals surface area (Å²) in [7, 11) is 0. The van der Waals surface area contributed by atoms with Crippen LogP contribution < -0.4 is 5.43 Å². The highest BCUT2D eigenvalue weighted by atomic mass is 16.2. The Bertz CT molecular complexity index is 736. The standard InChI is InChI=1S/C19H20N2O3/c1-19(2,3)21(18(24)14-9-5-4-6-10-14)20-17(23)16-12-8-7-11-15(16)13-22/h4-12,16H,1-3H3,(H,20,23). The van der Waals surface area contributed by atoms with Crippen molar-refractivity contribution in [1.29, 1.82) is 0 Å². The molecule has 0 bridgehead atoms. The lowest BCUT2D eigenvalue weighted by Gasteiger charge is -2.36. The second kappa shape index (κ2) is 7.11. The minimum atomic E-state index is -0.763. The Morgan fingerprint density at radius 3 is 2.38 bits per heavy atom. The van der Waals surface area contributed by atoms with E-state index in [2.05, 4.69) is 5.43 Å². The van der Waals surface area contributed by atoms with Gasteiger partial charge in [0.05, 0.1) is 17.0 Å². The van der Waals surface area contributed by atoms with Gasteiger partial charge in [-0.25, -0.2) is 9.80 Å². The maximum Gasteiger partial charge on any atom is 0.272 e. The summed E-state index contributed by atoms with van der Waals surface area (Å²) in [6, 6.07) is 8.72. The molecule has 124 valence electrons. The zero-order valence-electron chi connectivity index (χ0n) is 13.9. The fourth-order valence-corrected chi connectivity index (χ4v) is 2.28. The van der Waals surface area contributed by atoms with E-state index in [9.17, 15) is 14.4 Å². The average Bonchev–Trinajstić information content (AvgIpc) is 2.58. The molecule has 1 atom stereocenters. The first-order valence-electron chi connectivity index (χ1n) is 7.64. The molecule has 0 spiro atoms. The zero-order chi connectivity index (χ0) is 17.7. The molecule has 0 fully saturated rings. The van der Waals surface area contributed by atoms with Gasteiger partial charge in [0, 0.05) is 5.56 Å². The number of nitrogens with one attached hydrogen (secondary N) is 1. The smallest absolute Gasteiger partial charge is 0.272 e. The second-order valence-electron chi connectivity index (χ2n) is 6.43. The van der Waals surface area contributed by atoms with Crippen molar-refractivity contribution in [3.05, 3.63) is 65.8 Å². The molecule has 0 saturated heterocycles. The number of carbonyl (C=O) groups is 2. The summed E-state index contributed by atoms with van der Waals surface area (Å²) < 4.78 is 0. The summed E-state index contributed by atoms with van der Waals surface area (Å²) >= 11 is 0. The Morgan fingerprint density at radius 1 is 1.12 bits per heavy atom. The molecule has 0 saturated carbocycles. The van der Waals surface area contributed by atoms with Crippen LogP contribution in [0.15, 0.2) is 60.2 Å². The average molecular weight is 324 g/mol. The van der Waals surface area contributed by atoms with Gasteiger partial charge in [0.2, 0.25) is 0 Å². The molecule has 5 heteroatoms. The van der Waals surface area contributed by atoms with E-state index in [1.165, 1.54) is 11.1 Å². The monoisotopic (exact) mass is 324 g/mol. The van der Waals surface area contributed by atoms with Crippen LogP contribution in [-0.2, 0) is 9.59 Å². The van der Waals surface area contributed by atoms with Crippen molar-refractivity contribution in [2.45, 2.75) is 26.3 Å². The largest absolute Gasteiger partial charge is 0.272 e. The Labute approximate surface area is 141 Å². The van der Waals surface area contributed by atoms with Gasteiger partial charge in [-0.1, -0.05) is 36.4 Å². The van der Waals surface area contributed by atoms with Crippen LogP contribution in [0.5, 0.6) is 0 Å². The van der Waals surface area contributed by atoms with Crippen LogP contribution in [0, 0.1) is 5.92 Å². The van der Waals surface area contributed by atoms with Crippen molar-refractivity contribution in [1.82, 2.24) is 10.4 Å². The first-order valence-corrected chi connectivity index (χ1v) is 7.64. The summed E-state index contributed by atoms with van der Waals surface area (Å²) in [5.41, 5.74) is 2.71. The molecular weight excluding hydrogens is 304 g/mol. The van der Waals surface area contributed by atoms with Crippen molar-refractivity contribution in [3.8, 4) is 0 Å². The van der Waals surface area contributed by atoms with E-state index in [1.807, 2.05) is 26.8 Å². The molecule has 1 aromatic rings. The van der Waals surface area contributed by atoms with Crippen LogP contribution in [0.25, 0.3) is 0 Å². The van der Waals surface area contributed by atoms with Crippen molar-refractivity contribution in [3.63, 3.8) is 0 Å². The van der Waals surface area contributed by atoms with E-state index in [0.29, 0.717) is 5.56 Å². The number of benzene rings is 1. The third-order valence-electron chi connectivity index (χ3n) is 3.54. The van der Waals surface area contributed by atoms with Gasteiger partial charge in [-0.3, -0.25) is 15.0 Å². The number of rotatable bonds is 2. The topological polar surface area (TPSA) is 66.5 Å². The number of hydrogen-bond acceptors (Lipinski definition) is 3. The number of carbonyl (C=O) groups excluding carboxylic acids is 3. The van der Waals surface area contributed by atoms with Gasteiger partial charge in [-0.2, -0.15) is 0 Å². The van der Waals surface area contributed by atoms with Crippen molar-refractivity contribution in [2.24, 2.45) is 5.92 Å². The molecule has 0 heterocycles. The van der Waals surface area contributed by atoms with Crippen LogP contribution >= 0.6 is 0 Å². The summed E-state index contributed by atoms with van der Waals surface area (Å²) in [5.74, 6) is 0.242. The van der Waals surface area contributed by atoms with Gasteiger partial charge >= 0.3 is 0 Å². The highest BCUT2D eigenvalue weighted by molar-refractivity contribution is 5.97. The maximum atomic E-state index is 12.8. The molecule has 24 heavy (non-hydrogen) atoms. The number of nitrogens with zero attached hydrogens (tertiary/aromatic N) is 1. The Hall–Kier alpha value is -2.91. The van der Waals surface area contributed by atoms with E-state index in [1.54, 1.807) is 48.4 Å². The minimum Gasteiger partial charge on any atom is -0.272 e. The lowest BCUT2D eigenvalue weighted by Crippen LogP contribution is -2.57. The molecule has 1 unspecified atom stereocenters. The molecule has 2 amide bonds. The fourth-order valence-electron chi connectivity index (χ4n) is 2.28. The van der Waals surface area contributed by atoms with Crippen molar-refractivity contribution >= 4 is 17.8 Å². The molecular formula is C19H20N2O3. The summed E-state index contributed by atoms with van der Waals surface area (Å²) in [4.78, 5) is 36.3. The van der Waals surface area contributed by atoms with Gasteiger partial charge < -0.3 is 0 Å². The van der Waals surface area contributed by atoms with Gasteiger partial charge in [0.25, 0.3) is 11.8 Å². The second-order valence-corrected chi connectivity index (χ2v) is 6.43. The first-order chi connectivity index (χ1) is 11.3. The normalized spacial score (nSPS) is 16.5. The molecule has 5 nitrogen and oxygen atoms in total. The van der Waals surface area contributed by atoms with E-state index in [0.717, 1.165) is 0 Å². The summed E-state index contributed by atoms with van der Waals surface area (Å²) in [5, 5.41) is 1.29. The molecule has 1 aliphatic rings. The number of hydrogen-bond donors (Lipinski definition) is 1. The van der Waals surface area contributed by atoms with Crippen molar-refractivity contribution in [2.75, 3.05) is 0 Å². The van der Waals surface area contributed by atoms with E-state index in [4.69, 9.17) is 0 Å². The highest BCUT2D eigenvalue weighted by Gasteiger charge is 2.32. The summed E-state index contributed by atoms with van der Waals surface area (Å²) in [6.07, 6.45) is 6.49. The third-order valence-corrected chi connectivity index (χ3v) is 3.54. The lowest BCUT2D eigenvalue weighted by atomic mass is 9.95. The predicted molar refractivity (Wildman–Crippen MR) is 91.5 cm³/mol. The van der Waals surface area contributed by atoms with Gasteiger partial charge in [-0.15, -0.1) is 0 Å².